The average Bonchev–Trinajstić information content (AvgIpc) is 3.04. The van der Waals surface area contributed by atoms with E-state index >= 15 is 0 Å². The first-order chi connectivity index (χ1) is 14.3. The molecule has 2 rings (SSSR count). The van der Waals surface area contributed by atoms with Gasteiger partial charge < -0.3 is 9.47 Å². The highest BCUT2D eigenvalue weighted by molar-refractivity contribution is 5.60. The number of allylic oxidation sites excluding steroid dienone is 8. The highest BCUT2D eigenvalue weighted by Crippen LogP contribution is 2.34. The summed E-state index contributed by atoms with van der Waals surface area (Å²) in [4.78, 5) is 4.40. The van der Waals surface area contributed by atoms with E-state index in [9.17, 15) is 0 Å². The number of hydrogen-bond acceptors (Lipinski definition) is 3. The third-order valence-electron chi connectivity index (χ3n) is 5.29. The van der Waals surface area contributed by atoms with Crippen molar-refractivity contribution in [3.8, 4) is 0 Å². The fourth-order valence-corrected chi connectivity index (χ4v) is 4.13. The molecule has 0 aromatic carbocycles. The Morgan fingerprint density at radius 3 is 2.73 bits per heavy atom. The van der Waals surface area contributed by atoms with Crippen molar-refractivity contribution in [2.45, 2.75) is 72.3 Å². The van der Waals surface area contributed by atoms with E-state index in [1.54, 1.807) is 0 Å². The molecule has 0 amide bonds. The fraction of sp³-hybridized carbons (Fsp3) is 0.556. The van der Waals surface area contributed by atoms with Gasteiger partial charge in [0.15, 0.2) is 0 Å². The third kappa shape index (κ3) is 9.71. The summed E-state index contributed by atoms with van der Waals surface area (Å²) in [5, 5.41) is 0. The third-order valence-corrected chi connectivity index (χ3v) is 5.29. The number of nitrogens with zero attached hydrogens (tertiary/aromatic N) is 1. The standard InChI is InChI=1S/C27H39NO2/c1-6-17-26(2,3)22-27(4,5)30-19-16-23-13-14-25(28-18-15-23)21-29-20-24-11-9-7-8-10-12-24/h7-11,14-16H,6,12-13,17,19-22H2,1-5H3. The summed E-state index contributed by atoms with van der Waals surface area (Å²) in [6.07, 6.45) is 21.9. The number of aliphatic imine (C=N–C) groups is 1. The summed E-state index contributed by atoms with van der Waals surface area (Å²) in [6.45, 7) is 13.0. The minimum atomic E-state index is -0.135. The molecule has 3 heteroatoms. The van der Waals surface area contributed by atoms with Crippen LogP contribution in [0, 0.1) is 5.41 Å². The van der Waals surface area contributed by atoms with Gasteiger partial charge in [-0.25, -0.2) is 4.99 Å². The lowest BCUT2D eigenvalue weighted by molar-refractivity contribution is -0.0338. The predicted molar refractivity (Wildman–Crippen MR) is 128 cm³/mol. The molecule has 0 atom stereocenters. The summed E-state index contributed by atoms with van der Waals surface area (Å²) >= 11 is 0. The van der Waals surface area contributed by atoms with Crippen LogP contribution in [0.5, 0.6) is 0 Å². The molecule has 0 fully saturated rings. The molecule has 1 aliphatic heterocycles. The van der Waals surface area contributed by atoms with Crippen LogP contribution in [0.1, 0.15) is 66.7 Å². The van der Waals surface area contributed by atoms with Gasteiger partial charge in [0, 0.05) is 6.08 Å². The molecule has 3 nitrogen and oxygen atoms in total. The lowest BCUT2D eigenvalue weighted by Gasteiger charge is -2.34. The molecule has 0 unspecified atom stereocenters. The first kappa shape index (κ1) is 24.3. The highest BCUT2D eigenvalue weighted by Gasteiger charge is 2.28. The molecule has 1 aliphatic carbocycles. The first-order valence-electron chi connectivity index (χ1n) is 11.2. The van der Waals surface area contributed by atoms with Crippen molar-refractivity contribution in [1.82, 2.24) is 0 Å². The van der Waals surface area contributed by atoms with Gasteiger partial charge in [0.05, 0.1) is 31.1 Å². The molecule has 0 saturated heterocycles. The Morgan fingerprint density at radius 1 is 1.10 bits per heavy atom. The Kier molecular flexibility index (Phi) is 9.78. The normalized spacial score (nSPS) is 18.4. The number of hydrogen-bond donors (Lipinski definition) is 0. The maximum atomic E-state index is 6.21. The summed E-state index contributed by atoms with van der Waals surface area (Å²) in [6, 6.07) is 0. The SMILES string of the molecule is CCCC(C)(C)CC(C)(C)OCC=C1C=C=NC(COCC2=CC=CC=CC2)=CC1. The predicted octanol–water partition coefficient (Wildman–Crippen LogP) is 6.90. The molecule has 0 bridgehead atoms. The van der Waals surface area contributed by atoms with Crippen molar-refractivity contribution in [2.24, 2.45) is 10.4 Å². The van der Waals surface area contributed by atoms with E-state index in [1.807, 2.05) is 12.2 Å². The molecular formula is C27H39NO2. The van der Waals surface area contributed by atoms with Gasteiger partial charge in [-0.15, -0.1) is 0 Å². The van der Waals surface area contributed by atoms with Gasteiger partial charge in [0.25, 0.3) is 0 Å². The Hall–Kier alpha value is -1.93. The topological polar surface area (TPSA) is 30.8 Å². The monoisotopic (exact) mass is 409 g/mol. The van der Waals surface area contributed by atoms with Crippen LogP contribution in [0.25, 0.3) is 0 Å². The second-order valence-electron chi connectivity index (χ2n) is 9.56. The molecule has 0 radical (unpaired) electrons. The molecule has 164 valence electrons. The van der Waals surface area contributed by atoms with Gasteiger partial charge in [-0.2, -0.15) is 0 Å². The van der Waals surface area contributed by atoms with Crippen LogP contribution in [-0.4, -0.2) is 31.3 Å². The van der Waals surface area contributed by atoms with Gasteiger partial charge >= 0.3 is 0 Å². The van der Waals surface area contributed by atoms with Gasteiger partial charge in [0.1, 0.15) is 0 Å². The maximum Gasteiger partial charge on any atom is 0.0897 e. The number of ether oxygens (including phenoxy) is 2. The average molecular weight is 410 g/mol. The van der Waals surface area contributed by atoms with Crippen LogP contribution >= 0.6 is 0 Å². The minimum absolute atomic E-state index is 0.135. The van der Waals surface area contributed by atoms with Gasteiger partial charge in [-0.1, -0.05) is 69.7 Å². The van der Waals surface area contributed by atoms with E-state index in [4.69, 9.17) is 9.47 Å². The van der Waals surface area contributed by atoms with Crippen molar-refractivity contribution < 1.29 is 9.47 Å². The second-order valence-corrected chi connectivity index (χ2v) is 9.56. The molecule has 2 aliphatic rings. The lowest BCUT2D eigenvalue weighted by atomic mass is 9.78. The molecule has 0 spiro atoms. The van der Waals surface area contributed by atoms with Crippen LogP contribution in [0.2, 0.25) is 0 Å². The Morgan fingerprint density at radius 2 is 1.93 bits per heavy atom. The highest BCUT2D eigenvalue weighted by atomic mass is 16.5. The minimum Gasteiger partial charge on any atom is -0.371 e. The Bertz CT molecular complexity index is 769. The van der Waals surface area contributed by atoms with Crippen LogP contribution in [0.3, 0.4) is 0 Å². The summed E-state index contributed by atoms with van der Waals surface area (Å²) in [7, 11) is 0. The van der Waals surface area contributed by atoms with Crippen molar-refractivity contribution >= 4 is 5.87 Å². The van der Waals surface area contributed by atoms with E-state index in [-0.39, 0.29) is 5.60 Å². The van der Waals surface area contributed by atoms with Crippen molar-refractivity contribution in [3.63, 3.8) is 0 Å². The zero-order chi connectivity index (χ0) is 21.9. The molecule has 0 aromatic rings. The number of rotatable bonds is 11. The Balaban J connectivity index is 1.78. The fourth-order valence-electron chi connectivity index (χ4n) is 4.13. The summed E-state index contributed by atoms with van der Waals surface area (Å²) < 4.78 is 12.1. The van der Waals surface area contributed by atoms with E-state index in [2.05, 4.69) is 81.9 Å². The van der Waals surface area contributed by atoms with Gasteiger partial charge in [-0.3, -0.25) is 0 Å². The zero-order valence-corrected chi connectivity index (χ0v) is 19.5. The van der Waals surface area contributed by atoms with E-state index in [1.165, 1.54) is 24.0 Å². The van der Waals surface area contributed by atoms with E-state index in [0.717, 1.165) is 25.0 Å². The molecule has 30 heavy (non-hydrogen) atoms. The quantitative estimate of drug-likeness (QED) is 0.372. The largest absolute Gasteiger partial charge is 0.371 e. The van der Waals surface area contributed by atoms with Crippen molar-refractivity contribution in [2.75, 3.05) is 19.8 Å². The summed E-state index contributed by atoms with van der Waals surface area (Å²) in [5.41, 5.74) is 3.55. The van der Waals surface area contributed by atoms with E-state index in [0.29, 0.717) is 25.2 Å². The smallest absolute Gasteiger partial charge is 0.0897 e. The maximum absolute atomic E-state index is 6.21. The second kappa shape index (κ2) is 12.1. The van der Waals surface area contributed by atoms with Crippen LogP contribution in [-0.2, 0) is 9.47 Å². The lowest BCUT2D eigenvalue weighted by Crippen LogP contribution is -2.31. The zero-order valence-electron chi connectivity index (χ0n) is 19.5. The van der Waals surface area contributed by atoms with Crippen LogP contribution in [0.4, 0.5) is 0 Å². The molecule has 0 N–H and O–H groups in total. The van der Waals surface area contributed by atoms with Gasteiger partial charge in [0.2, 0.25) is 0 Å². The molecule has 0 aromatic heterocycles. The van der Waals surface area contributed by atoms with Crippen molar-refractivity contribution in [1.29, 1.82) is 0 Å². The van der Waals surface area contributed by atoms with Crippen molar-refractivity contribution in [3.05, 3.63) is 65.5 Å². The van der Waals surface area contributed by atoms with Crippen LogP contribution in [0.15, 0.2) is 70.4 Å². The Labute approximate surface area is 183 Å². The van der Waals surface area contributed by atoms with Crippen LogP contribution < -0.4 is 0 Å². The molecule has 0 saturated carbocycles. The molecule has 1 heterocycles. The molecular weight excluding hydrogens is 370 g/mol. The van der Waals surface area contributed by atoms with E-state index < -0.39 is 0 Å². The first-order valence-corrected chi connectivity index (χ1v) is 11.2. The van der Waals surface area contributed by atoms with Gasteiger partial charge in [-0.05, 0) is 62.0 Å². The summed E-state index contributed by atoms with van der Waals surface area (Å²) in [5.74, 6) is 3.04.